The van der Waals surface area contributed by atoms with E-state index in [1.165, 1.54) is 0 Å². The molecular weight excluding hydrogens is 299 g/mol. The molecule has 0 unspecified atom stereocenters. The van der Waals surface area contributed by atoms with Gasteiger partial charge in [0.25, 0.3) is 0 Å². The Bertz CT molecular complexity index is 776. The minimum atomic E-state index is 0.431. The van der Waals surface area contributed by atoms with E-state index in [1.807, 2.05) is 16.2 Å². The van der Waals surface area contributed by atoms with Crippen LogP contribution in [0.3, 0.4) is 0 Å². The largest absolute Gasteiger partial charge is 0.369 e. The van der Waals surface area contributed by atoms with Crippen molar-refractivity contribution in [2.45, 2.75) is 13.0 Å². The van der Waals surface area contributed by atoms with Gasteiger partial charge in [-0.3, -0.25) is 0 Å². The first kappa shape index (κ1) is 13.2. The minimum Gasteiger partial charge on any atom is -0.369 e. The Morgan fingerprint density at radius 2 is 2.00 bits per heavy atom. The van der Waals surface area contributed by atoms with Gasteiger partial charge in [0, 0.05) is 20.0 Å². The first-order chi connectivity index (χ1) is 9.56. The van der Waals surface area contributed by atoms with E-state index in [1.54, 1.807) is 18.5 Å². The summed E-state index contributed by atoms with van der Waals surface area (Å²) >= 11 is 12.0. The molecule has 3 aromatic rings. The average Bonchev–Trinajstić information content (AvgIpc) is 2.92. The van der Waals surface area contributed by atoms with Crippen molar-refractivity contribution < 1.29 is 0 Å². The second kappa shape index (κ2) is 4.96. The zero-order chi connectivity index (χ0) is 14.3. The fourth-order valence-electron chi connectivity index (χ4n) is 2.12. The van der Waals surface area contributed by atoms with Crippen LogP contribution in [0.15, 0.2) is 18.5 Å². The highest BCUT2D eigenvalue weighted by Crippen LogP contribution is 2.29. The normalized spacial score (nSPS) is 11.3. The second-order valence-electron chi connectivity index (χ2n) is 4.48. The number of anilines is 1. The third kappa shape index (κ3) is 2.21. The zero-order valence-corrected chi connectivity index (χ0v) is 12.2. The Labute approximate surface area is 125 Å². The smallest absolute Gasteiger partial charge is 0.201 e. The van der Waals surface area contributed by atoms with Crippen LogP contribution >= 0.6 is 23.2 Å². The number of rotatable bonds is 3. The van der Waals surface area contributed by atoms with Crippen LogP contribution in [-0.2, 0) is 20.0 Å². The molecule has 0 aliphatic heterocycles. The summed E-state index contributed by atoms with van der Waals surface area (Å²) in [6, 6.07) is 3.49. The number of benzene rings is 1. The van der Waals surface area contributed by atoms with Crippen LogP contribution in [0.5, 0.6) is 0 Å². The molecular formula is C12H12Cl2N6. The van der Waals surface area contributed by atoms with Crippen molar-refractivity contribution in [3.63, 3.8) is 0 Å². The molecule has 104 valence electrons. The van der Waals surface area contributed by atoms with E-state index in [9.17, 15) is 0 Å². The summed E-state index contributed by atoms with van der Waals surface area (Å²) in [4.78, 5) is 4.29. The lowest BCUT2D eigenvalue weighted by molar-refractivity contribution is 0.668. The number of hydrogen-bond acceptors (Lipinski definition) is 4. The van der Waals surface area contributed by atoms with Crippen LogP contribution in [-0.4, -0.2) is 24.3 Å². The maximum Gasteiger partial charge on any atom is 0.201 e. The second-order valence-corrected chi connectivity index (χ2v) is 5.30. The number of imidazole rings is 1. The Hall–Kier alpha value is -1.79. The Kier molecular flexibility index (Phi) is 3.27. The summed E-state index contributed by atoms with van der Waals surface area (Å²) in [5.74, 6) is 1.31. The lowest BCUT2D eigenvalue weighted by Crippen LogP contribution is -2.08. The highest BCUT2D eigenvalue weighted by Gasteiger charge is 2.12. The molecule has 0 spiro atoms. The van der Waals surface area contributed by atoms with E-state index in [0.29, 0.717) is 29.0 Å². The van der Waals surface area contributed by atoms with Crippen molar-refractivity contribution in [2.24, 2.45) is 7.05 Å². The predicted molar refractivity (Wildman–Crippen MR) is 78.9 cm³/mol. The zero-order valence-electron chi connectivity index (χ0n) is 10.7. The lowest BCUT2D eigenvalue weighted by Gasteiger charge is -2.06. The number of hydrogen-bond donors (Lipinski definition) is 1. The van der Waals surface area contributed by atoms with Gasteiger partial charge in [-0.1, -0.05) is 23.2 Å². The first-order valence-electron chi connectivity index (χ1n) is 6.00. The van der Waals surface area contributed by atoms with Crippen molar-refractivity contribution >= 4 is 40.2 Å². The van der Waals surface area contributed by atoms with Crippen LogP contribution in [0, 0.1) is 0 Å². The fraction of sp³-hybridized carbons (Fsp3) is 0.250. The van der Waals surface area contributed by atoms with E-state index in [2.05, 4.69) is 15.2 Å². The van der Waals surface area contributed by atoms with Crippen molar-refractivity contribution in [1.29, 1.82) is 0 Å². The van der Waals surface area contributed by atoms with Gasteiger partial charge in [0.05, 0.1) is 21.1 Å². The third-order valence-corrected chi connectivity index (χ3v) is 3.91. The molecule has 0 saturated heterocycles. The number of aryl methyl sites for hydroxylation is 3. The van der Waals surface area contributed by atoms with Gasteiger partial charge >= 0.3 is 0 Å². The maximum atomic E-state index is 6.05. The van der Waals surface area contributed by atoms with Gasteiger partial charge in [-0.25, -0.2) is 4.98 Å². The Morgan fingerprint density at radius 1 is 1.25 bits per heavy atom. The molecule has 2 heterocycles. The van der Waals surface area contributed by atoms with Crippen LogP contribution < -0.4 is 5.73 Å². The molecule has 8 heteroatoms. The van der Waals surface area contributed by atoms with Crippen LogP contribution in [0.2, 0.25) is 10.0 Å². The molecule has 2 aromatic heterocycles. The average molecular weight is 311 g/mol. The molecule has 20 heavy (non-hydrogen) atoms. The number of nitrogen functional groups attached to an aromatic ring is 1. The van der Waals surface area contributed by atoms with Gasteiger partial charge in [0.2, 0.25) is 5.95 Å². The summed E-state index contributed by atoms with van der Waals surface area (Å²) in [6.07, 6.45) is 2.37. The van der Waals surface area contributed by atoms with Crippen LogP contribution in [0.4, 0.5) is 5.95 Å². The van der Waals surface area contributed by atoms with Gasteiger partial charge in [-0.05, 0) is 12.1 Å². The van der Waals surface area contributed by atoms with Gasteiger partial charge in [-0.15, -0.1) is 10.2 Å². The van der Waals surface area contributed by atoms with E-state index < -0.39 is 0 Å². The molecule has 1 aromatic carbocycles. The van der Waals surface area contributed by atoms with E-state index in [0.717, 1.165) is 16.9 Å². The van der Waals surface area contributed by atoms with Gasteiger partial charge in [-0.2, -0.15) is 0 Å². The minimum absolute atomic E-state index is 0.431. The number of halogens is 2. The van der Waals surface area contributed by atoms with E-state index in [-0.39, 0.29) is 0 Å². The van der Waals surface area contributed by atoms with Crippen molar-refractivity contribution in [3.8, 4) is 0 Å². The molecule has 0 bridgehead atoms. The summed E-state index contributed by atoms with van der Waals surface area (Å²) in [6.45, 7) is 0.646. The Morgan fingerprint density at radius 3 is 2.70 bits per heavy atom. The number of nitrogens with two attached hydrogens (primary N) is 1. The molecule has 3 rings (SSSR count). The molecule has 0 saturated carbocycles. The molecule has 2 N–H and O–H groups in total. The molecule has 0 atom stereocenters. The van der Waals surface area contributed by atoms with Gasteiger partial charge < -0.3 is 14.9 Å². The highest BCUT2D eigenvalue weighted by atomic mass is 35.5. The standard InChI is InChI=1S/C12H12Cl2N6/c1-19-6-16-18-11(19)2-3-20-10-5-8(14)7(13)4-9(10)17-12(20)15/h4-6H,2-3H2,1H3,(H2,15,17). The number of fused-ring (bicyclic) bond motifs is 1. The molecule has 0 fully saturated rings. The quantitative estimate of drug-likeness (QED) is 0.805. The maximum absolute atomic E-state index is 6.05. The van der Waals surface area contributed by atoms with E-state index in [4.69, 9.17) is 28.9 Å². The summed E-state index contributed by atoms with van der Waals surface area (Å²) in [5, 5.41) is 8.85. The lowest BCUT2D eigenvalue weighted by atomic mass is 10.3. The first-order valence-corrected chi connectivity index (χ1v) is 6.75. The highest BCUT2D eigenvalue weighted by molar-refractivity contribution is 6.42. The number of aromatic nitrogens is 5. The Balaban J connectivity index is 1.97. The topological polar surface area (TPSA) is 74.5 Å². The van der Waals surface area contributed by atoms with Crippen LogP contribution in [0.1, 0.15) is 5.82 Å². The van der Waals surface area contributed by atoms with Gasteiger partial charge in [0.15, 0.2) is 0 Å². The van der Waals surface area contributed by atoms with Crippen molar-refractivity contribution in [2.75, 3.05) is 5.73 Å². The van der Waals surface area contributed by atoms with Crippen molar-refractivity contribution in [1.82, 2.24) is 24.3 Å². The predicted octanol–water partition coefficient (Wildman–Crippen LogP) is 2.30. The molecule has 6 nitrogen and oxygen atoms in total. The fourth-order valence-corrected chi connectivity index (χ4v) is 2.43. The monoisotopic (exact) mass is 310 g/mol. The summed E-state index contributed by atoms with van der Waals surface area (Å²) in [7, 11) is 1.90. The SMILES string of the molecule is Cn1cnnc1CCn1c(N)nc2cc(Cl)c(Cl)cc21. The summed E-state index contributed by atoms with van der Waals surface area (Å²) in [5.41, 5.74) is 7.55. The molecule has 0 radical (unpaired) electrons. The molecule has 0 aliphatic rings. The van der Waals surface area contributed by atoms with Crippen molar-refractivity contribution in [3.05, 3.63) is 34.3 Å². The summed E-state index contributed by atoms with van der Waals surface area (Å²) < 4.78 is 3.77. The van der Waals surface area contributed by atoms with E-state index >= 15 is 0 Å². The van der Waals surface area contributed by atoms with Gasteiger partial charge in [0.1, 0.15) is 12.2 Å². The molecule has 0 amide bonds. The van der Waals surface area contributed by atoms with Crippen LogP contribution in [0.25, 0.3) is 11.0 Å². The third-order valence-electron chi connectivity index (χ3n) is 3.18. The molecule has 0 aliphatic carbocycles. The number of nitrogens with zero attached hydrogens (tertiary/aromatic N) is 5.